The van der Waals surface area contributed by atoms with Gasteiger partial charge in [0.05, 0.1) is 6.42 Å². The lowest BCUT2D eigenvalue weighted by Gasteiger charge is -2.12. The number of aryl methyl sites for hydroxylation is 1. The van der Waals surface area contributed by atoms with Crippen molar-refractivity contribution in [1.29, 1.82) is 0 Å². The van der Waals surface area contributed by atoms with Crippen molar-refractivity contribution in [3.05, 3.63) is 65.7 Å². The first kappa shape index (κ1) is 19.6. The van der Waals surface area contributed by atoms with Gasteiger partial charge < -0.3 is 15.5 Å². The van der Waals surface area contributed by atoms with E-state index in [4.69, 9.17) is 12.2 Å². The molecule has 5 nitrogen and oxygen atoms in total. The first-order valence-corrected chi connectivity index (χ1v) is 8.78. The molecular weight excluding hydrogens is 346 g/mol. The van der Waals surface area contributed by atoms with Gasteiger partial charge >= 0.3 is 0 Å². The smallest absolute Gasteiger partial charge is 0.226 e. The van der Waals surface area contributed by atoms with E-state index in [1.807, 2.05) is 54.6 Å². The quantitative estimate of drug-likeness (QED) is 0.769. The maximum absolute atomic E-state index is 12.0. The second-order valence-corrected chi connectivity index (χ2v) is 6.56. The maximum atomic E-state index is 12.0. The highest BCUT2D eigenvalue weighted by atomic mass is 32.1. The van der Waals surface area contributed by atoms with Gasteiger partial charge in [0.25, 0.3) is 0 Å². The van der Waals surface area contributed by atoms with Crippen molar-refractivity contribution in [2.75, 3.05) is 19.4 Å². The number of carbonyl (C=O) groups excluding carboxylic acids is 2. The van der Waals surface area contributed by atoms with E-state index in [9.17, 15) is 9.59 Å². The number of amides is 2. The van der Waals surface area contributed by atoms with Crippen LogP contribution in [0.2, 0.25) is 0 Å². The largest absolute Gasteiger partial charge is 0.349 e. The summed E-state index contributed by atoms with van der Waals surface area (Å²) in [4.78, 5) is 25.2. The maximum Gasteiger partial charge on any atom is 0.226 e. The lowest BCUT2D eigenvalue weighted by molar-refractivity contribution is -0.128. The molecule has 0 bridgehead atoms. The van der Waals surface area contributed by atoms with Gasteiger partial charge in [0.15, 0.2) is 5.11 Å². The molecule has 0 aliphatic rings. The summed E-state index contributed by atoms with van der Waals surface area (Å²) in [6, 6.07) is 17.2. The van der Waals surface area contributed by atoms with Gasteiger partial charge in [0.2, 0.25) is 11.8 Å². The minimum atomic E-state index is -0.125. The highest BCUT2D eigenvalue weighted by Crippen LogP contribution is 2.11. The topological polar surface area (TPSA) is 61.4 Å². The fourth-order valence-corrected chi connectivity index (χ4v) is 2.52. The van der Waals surface area contributed by atoms with Crippen molar-refractivity contribution in [1.82, 2.24) is 10.2 Å². The molecule has 0 spiro atoms. The normalized spacial score (nSPS) is 10.1. The van der Waals surface area contributed by atoms with E-state index in [1.54, 1.807) is 19.0 Å². The van der Waals surface area contributed by atoms with Crippen molar-refractivity contribution in [3.8, 4) is 0 Å². The van der Waals surface area contributed by atoms with Crippen molar-refractivity contribution in [3.63, 3.8) is 0 Å². The van der Waals surface area contributed by atoms with E-state index in [1.165, 1.54) is 0 Å². The summed E-state index contributed by atoms with van der Waals surface area (Å²) in [5, 5.41) is 5.92. The van der Waals surface area contributed by atoms with Crippen LogP contribution >= 0.6 is 12.2 Å². The number of rotatable bonds is 6. The van der Waals surface area contributed by atoms with Crippen molar-refractivity contribution < 1.29 is 9.59 Å². The molecule has 2 aromatic carbocycles. The number of thiocarbonyl (C=S) groups is 1. The van der Waals surface area contributed by atoms with Gasteiger partial charge in [-0.1, -0.05) is 42.5 Å². The van der Waals surface area contributed by atoms with Crippen molar-refractivity contribution in [2.24, 2.45) is 0 Å². The molecule has 0 heterocycles. The Hall–Kier alpha value is -2.73. The van der Waals surface area contributed by atoms with E-state index in [2.05, 4.69) is 10.6 Å². The molecule has 136 valence electrons. The summed E-state index contributed by atoms with van der Waals surface area (Å²) in [5.41, 5.74) is 2.80. The number of nitrogens with zero attached hydrogens (tertiary/aromatic N) is 1. The number of likely N-dealkylation sites (N-methyl/N-ethyl adjacent to an activating group) is 1. The predicted octanol–water partition coefficient (Wildman–Crippen LogP) is 2.76. The van der Waals surface area contributed by atoms with Crippen LogP contribution in [0.5, 0.6) is 0 Å². The molecule has 0 aromatic heterocycles. The van der Waals surface area contributed by atoms with Gasteiger partial charge in [0, 0.05) is 26.2 Å². The molecule has 26 heavy (non-hydrogen) atoms. The van der Waals surface area contributed by atoms with E-state index < -0.39 is 0 Å². The lowest BCUT2D eigenvalue weighted by atomic mass is 10.1. The fraction of sp³-hybridized carbons (Fsp3) is 0.250. The molecule has 2 N–H and O–H groups in total. The summed E-state index contributed by atoms with van der Waals surface area (Å²) in [6.45, 7) is 0. The summed E-state index contributed by atoms with van der Waals surface area (Å²) >= 11 is 5.18. The Labute approximate surface area is 159 Å². The van der Waals surface area contributed by atoms with E-state index in [0.717, 1.165) is 16.8 Å². The van der Waals surface area contributed by atoms with Crippen molar-refractivity contribution >= 4 is 34.8 Å². The monoisotopic (exact) mass is 369 g/mol. The Morgan fingerprint density at radius 2 is 1.62 bits per heavy atom. The molecule has 2 aromatic rings. The van der Waals surface area contributed by atoms with Gasteiger partial charge in [-0.15, -0.1) is 0 Å². The summed E-state index contributed by atoms with van der Waals surface area (Å²) in [5.74, 6) is -0.0773. The zero-order chi connectivity index (χ0) is 18.9. The first-order chi connectivity index (χ1) is 12.4. The SMILES string of the molecule is CN(C)C(=O)Cc1ccc(NC(=S)NC(=O)CCc2ccccc2)cc1. The van der Waals surface area contributed by atoms with Crippen LogP contribution < -0.4 is 10.6 Å². The third kappa shape index (κ3) is 6.64. The molecular formula is C20H23N3O2S. The van der Waals surface area contributed by atoms with E-state index in [0.29, 0.717) is 19.3 Å². The molecule has 0 fully saturated rings. The molecule has 0 atom stereocenters. The Bertz CT molecular complexity index is 758. The highest BCUT2D eigenvalue weighted by Gasteiger charge is 2.07. The molecule has 0 aliphatic carbocycles. The van der Waals surface area contributed by atoms with Gasteiger partial charge in [-0.25, -0.2) is 0 Å². The number of hydrogen-bond donors (Lipinski definition) is 2. The van der Waals surface area contributed by atoms with E-state index in [-0.39, 0.29) is 16.9 Å². The number of nitrogens with one attached hydrogen (secondary N) is 2. The van der Waals surface area contributed by atoms with Gasteiger partial charge in [-0.05, 0) is 41.9 Å². The summed E-state index contributed by atoms with van der Waals surface area (Å²) < 4.78 is 0. The number of carbonyl (C=O) groups is 2. The standard InChI is InChI=1S/C20H23N3O2S/c1-23(2)19(25)14-16-8-11-17(12-9-16)21-20(26)22-18(24)13-10-15-6-4-3-5-7-15/h3-9,11-12H,10,13-14H2,1-2H3,(H2,21,22,24,26). The van der Waals surface area contributed by atoms with E-state index >= 15 is 0 Å². The van der Waals surface area contributed by atoms with Crippen LogP contribution in [0.15, 0.2) is 54.6 Å². The fourth-order valence-electron chi connectivity index (χ4n) is 2.29. The lowest BCUT2D eigenvalue weighted by Crippen LogP contribution is -2.34. The number of benzene rings is 2. The predicted molar refractivity (Wildman–Crippen MR) is 108 cm³/mol. The van der Waals surface area contributed by atoms with Crippen molar-refractivity contribution in [2.45, 2.75) is 19.3 Å². The Kier molecular flexibility index (Phi) is 7.29. The Balaban J connectivity index is 1.78. The molecule has 0 saturated carbocycles. The summed E-state index contributed by atoms with van der Waals surface area (Å²) in [7, 11) is 3.47. The molecule has 6 heteroatoms. The molecule has 2 amide bonds. The van der Waals surface area contributed by atoms with Gasteiger partial charge in [-0.3, -0.25) is 9.59 Å². The Morgan fingerprint density at radius 1 is 0.962 bits per heavy atom. The average molecular weight is 369 g/mol. The van der Waals surface area contributed by atoms with Gasteiger partial charge in [-0.2, -0.15) is 0 Å². The van der Waals surface area contributed by atoms with Crippen LogP contribution in [0.1, 0.15) is 17.5 Å². The minimum Gasteiger partial charge on any atom is -0.349 e. The van der Waals surface area contributed by atoms with Gasteiger partial charge in [0.1, 0.15) is 0 Å². The Morgan fingerprint density at radius 3 is 2.23 bits per heavy atom. The van der Waals surface area contributed by atoms with Crippen LogP contribution in [0.25, 0.3) is 0 Å². The molecule has 0 radical (unpaired) electrons. The van der Waals surface area contributed by atoms with Crippen LogP contribution in [-0.2, 0) is 22.4 Å². The first-order valence-electron chi connectivity index (χ1n) is 8.38. The third-order valence-corrected chi connectivity index (χ3v) is 4.01. The zero-order valence-electron chi connectivity index (χ0n) is 15.0. The zero-order valence-corrected chi connectivity index (χ0v) is 15.8. The molecule has 0 aliphatic heterocycles. The second-order valence-electron chi connectivity index (χ2n) is 6.15. The van der Waals surface area contributed by atoms with Crippen LogP contribution in [0.4, 0.5) is 5.69 Å². The third-order valence-electron chi connectivity index (χ3n) is 3.80. The van der Waals surface area contributed by atoms with Crippen LogP contribution in [0.3, 0.4) is 0 Å². The minimum absolute atomic E-state index is 0.0481. The molecule has 0 saturated heterocycles. The average Bonchev–Trinajstić information content (AvgIpc) is 2.62. The molecule has 0 unspecified atom stereocenters. The van der Waals surface area contributed by atoms with Crippen LogP contribution in [-0.4, -0.2) is 35.9 Å². The number of hydrogen-bond acceptors (Lipinski definition) is 3. The molecule has 2 rings (SSSR count). The highest BCUT2D eigenvalue weighted by molar-refractivity contribution is 7.80. The van der Waals surface area contributed by atoms with Crippen LogP contribution in [0, 0.1) is 0 Å². The second kappa shape index (κ2) is 9.68. The number of anilines is 1. The summed E-state index contributed by atoms with van der Waals surface area (Å²) in [6.07, 6.45) is 1.40.